The van der Waals surface area contributed by atoms with E-state index in [1.54, 1.807) is 0 Å². The molecule has 0 bridgehead atoms. The Labute approximate surface area is 158 Å². The highest BCUT2D eigenvalue weighted by Gasteiger charge is 2.10. The number of fused-ring (bicyclic) bond motifs is 1. The van der Waals surface area contributed by atoms with E-state index in [4.69, 9.17) is 0 Å². The second-order valence-electron chi connectivity index (χ2n) is 6.63. The lowest BCUT2D eigenvalue weighted by Crippen LogP contribution is -2.21. The summed E-state index contributed by atoms with van der Waals surface area (Å²) in [4.78, 5) is 8.43. The van der Waals surface area contributed by atoms with Crippen LogP contribution in [0, 0.1) is 6.92 Å². The lowest BCUT2D eigenvalue weighted by molar-refractivity contribution is 0.362. The third-order valence-electron chi connectivity index (χ3n) is 4.65. The molecule has 1 fully saturated rings. The van der Waals surface area contributed by atoms with Gasteiger partial charge in [0.25, 0.3) is 0 Å². The molecule has 3 aromatic rings. The number of aromatic nitrogens is 3. The lowest BCUT2D eigenvalue weighted by atomic mass is 10.2. The topological polar surface area (TPSA) is 53.9 Å². The first-order chi connectivity index (χ1) is 12.8. The number of hydrogen-bond donors (Lipinski definition) is 1. The summed E-state index contributed by atoms with van der Waals surface area (Å²) in [5, 5.41) is 11.8. The molecule has 2 heterocycles. The van der Waals surface area contributed by atoms with Crippen LogP contribution >= 0.6 is 11.8 Å². The van der Waals surface area contributed by atoms with Crippen molar-refractivity contribution in [2.45, 2.75) is 24.7 Å². The van der Waals surface area contributed by atoms with E-state index in [1.807, 2.05) is 43.0 Å². The Morgan fingerprint density at radius 1 is 1.08 bits per heavy atom. The highest BCUT2D eigenvalue weighted by molar-refractivity contribution is 7.99. The van der Waals surface area contributed by atoms with Gasteiger partial charge in [-0.1, -0.05) is 18.2 Å². The SMILES string of the molecule is Cc1cccc2nnc(Nc3cccc(SCCN4CCCC4)c3)nc12. The highest BCUT2D eigenvalue weighted by atomic mass is 32.2. The maximum absolute atomic E-state index is 4.62. The molecular formula is C20H23N5S. The first kappa shape index (κ1) is 17.2. The fraction of sp³-hybridized carbons (Fsp3) is 0.350. The van der Waals surface area contributed by atoms with Crippen molar-refractivity contribution in [3.63, 3.8) is 0 Å². The van der Waals surface area contributed by atoms with Crippen LogP contribution in [0.25, 0.3) is 11.0 Å². The Morgan fingerprint density at radius 3 is 2.81 bits per heavy atom. The third kappa shape index (κ3) is 4.14. The summed E-state index contributed by atoms with van der Waals surface area (Å²) in [5.74, 6) is 1.66. The Hall–Kier alpha value is -2.18. The molecular weight excluding hydrogens is 342 g/mol. The monoisotopic (exact) mass is 365 g/mol. The van der Waals surface area contributed by atoms with Crippen LogP contribution in [0.2, 0.25) is 0 Å². The zero-order valence-corrected chi connectivity index (χ0v) is 15.8. The van der Waals surface area contributed by atoms with E-state index in [0.29, 0.717) is 5.95 Å². The largest absolute Gasteiger partial charge is 0.323 e. The molecule has 0 aliphatic carbocycles. The van der Waals surface area contributed by atoms with E-state index in [-0.39, 0.29) is 0 Å². The van der Waals surface area contributed by atoms with Gasteiger partial charge in [0.15, 0.2) is 0 Å². The smallest absolute Gasteiger partial charge is 0.247 e. The molecule has 1 aromatic heterocycles. The second-order valence-corrected chi connectivity index (χ2v) is 7.80. The molecule has 0 radical (unpaired) electrons. The molecule has 1 aliphatic rings. The van der Waals surface area contributed by atoms with Crippen LogP contribution in [0.5, 0.6) is 0 Å². The molecule has 2 aromatic carbocycles. The molecule has 0 atom stereocenters. The highest BCUT2D eigenvalue weighted by Crippen LogP contribution is 2.24. The summed E-state index contributed by atoms with van der Waals surface area (Å²) in [7, 11) is 0. The zero-order chi connectivity index (χ0) is 17.8. The molecule has 1 aliphatic heterocycles. The van der Waals surface area contributed by atoms with Crippen LogP contribution < -0.4 is 5.32 Å². The van der Waals surface area contributed by atoms with Gasteiger partial charge in [0.1, 0.15) is 5.52 Å². The van der Waals surface area contributed by atoms with Gasteiger partial charge in [-0.25, -0.2) is 4.98 Å². The van der Waals surface area contributed by atoms with Gasteiger partial charge in [0.05, 0.1) is 5.52 Å². The number of anilines is 2. The van der Waals surface area contributed by atoms with Crippen molar-refractivity contribution >= 4 is 34.4 Å². The maximum atomic E-state index is 4.62. The normalized spacial score (nSPS) is 14.8. The van der Waals surface area contributed by atoms with Crippen molar-refractivity contribution in [1.29, 1.82) is 0 Å². The summed E-state index contributed by atoms with van der Waals surface area (Å²) in [6.45, 7) is 5.72. The van der Waals surface area contributed by atoms with Crippen molar-refractivity contribution in [1.82, 2.24) is 20.1 Å². The number of para-hydroxylation sites is 1. The Bertz CT molecular complexity index is 892. The summed E-state index contributed by atoms with van der Waals surface area (Å²) in [6, 6.07) is 14.4. The predicted molar refractivity (Wildman–Crippen MR) is 108 cm³/mol. The second kappa shape index (κ2) is 8.01. The fourth-order valence-electron chi connectivity index (χ4n) is 3.24. The van der Waals surface area contributed by atoms with Gasteiger partial charge in [0, 0.05) is 22.9 Å². The fourth-order valence-corrected chi connectivity index (χ4v) is 4.21. The summed E-state index contributed by atoms with van der Waals surface area (Å²) in [5.41, 5.74) is 3.81. The Morgan fingerprint density at radius 2 is 1.92 bits per heavy atom. The van der Waals surface area contributed by atoms with E-state index in [0.717, 1.165) is 28.0 Å². The molecule has 0 saturated carbocycles. The van der Waals surface area contributed by atoms with Crippen molar-refractivity contribution < 1.29 is 0 Å². The number of aryl methyl sites for hydroxylation is 1. The lowest BCUT2D eigenvalue weighted by Gasteiger charge is -2.14. The van der Waals surface area contributed by atoms with Crippen LogP contribution in [0.15, 0.2) is 47.4 Å². The predicted octanol–water partition coefficient (Wildman–Crippen LogP) is 4.26. The zero-order valence-electron chi connectivity index (χ0n) is 15.0. The minimum Gasteiger partial charge on any atom is -0.323 e. The molecule has 0 amide bonds. The molecule has 0 spiro atoms. The summed E-state index contributed by atoms with van der Waals surface area (Å²) in [6.07, 6.45) is 2.70. The molecule has 26 heavy (non-hydrogen) atoms. The third-order valence-corrected chi connectivity index (χ3v) is 5.63. The average molecular weight is 366 g/mol. The Balaban J connectivity index is 1.42. The van der Waals surface area contributed by atoms with Crippen molar-refractivity contribution in [3.05, 3.63) is 48.0 Å². The van der Waals surface area contributed by atoms with Crippen LogP contribution in [-0.4, -0.2) is 45.5 Å². The van der Waals surface area contributed by atoms with Gasteiger partial charge in [-0.2, -0.15) is 0 Å². The molecule has 134 valence electrons. The van der Waals surface area contributed by atoms with E-state index >= 15 is 0 Å². The number of thioether (sulfide) groups is 1. The molecule has 0 unspecified atom stereocenters. The van der Waals surface area contributed by atoms with Crippen molar-refractivity contribution in [3.8, 4) is 0 Å². The number of benzene rings is 2. The quantitative estimate of drug-likeness (QED) is 0.659. The van der Waals surface area contributed by atoms with Crippen molar-refractivity contribution in [2.75, 3.05) is 30.7 Å². The van der Waals surface area contributed by atoms with Gasteiger partial charge in [0.2, 0.25) is 5.95 Å². The number of hydrogen-bond acceptors (Lipinski definition) is 6. The molecule has 6 heteroatoms. The van der Waals surface area contributed by atoms with E-state index < -0.39 is 0 Å². The van der Waals surface area contributed by atoms with Crippen LogP contribution in [0.3, 0.4) is 0 Å². The van der Waals surface area contributed by atoms with Gasteiger partial charge < -0.3 is 10.2 Å². The van der Waals surface area contributed by atoms with Crippen LogP contribution in [0.4, 0.5) is 11.6 Å². The molecule has 5 nitrogen and oxygen atoms in total. The van der Waals surface area contributed by atoms with Gasteiger partial charge in [-0.15, -0.1) is 22.0 Å². The number of nitrogens with one attached hydrogen (secondary N) is 1. The maximum Gasteiger partial charge on any atom is 0.247 e. The number of rotatable bonds is 6. The van der Waals surface area contributed by atoms with Gasteiger partial charge in [-0.3, -0.25) is 0 Å². The first-order valence-corrected chi connectivity index (χ1v) is 10.1. The average Bonchev–Trinajstić information content (AvgIpc) is 3.16. The standard InChI is InChI=1S/C20H23N5S/c1-15-6-4-9-18-19(15)22-20(24-23-18)21-16-7-5-8-17(14-16)26-13-12-25-10-2-3-11-25/h4-9,14H,2-3,10-13H2,1H3,(H,21,22,24). The van der Waals surface area contributed by atoms with E-state index in [9.17, 15) is 0 Å². The molecule has 4 rings (SSSR count). The molecule has 1 N–H and O–H groups in total. The van der Waals surface area contributed by atoms with Crippen molar-refractivity contribution in [2.24, 2.45) is 0 Å². The van der Waals surface area contributed by atoms with Gasteiger partial charge >= 0.3 is 0 Å². The van der Waals surface area contributed by atoms with Crippen LogP contribution in [0.1, 0.15) is 18.4 Å². The first-order valence-electron chi connectivity index (χ1n) is 9.10. The number of likely N-dealkylation sites (tertiary alicyclic amines) is 1. The molecule has 1 saturated heterocycles. The summed E-state index contributed by atoms with van der Waals surface area (Å²) >= 11 is 1.90. The summed E-state index contributed by atoms with van der Waals surface area (Å²) < 4.78 is 0. The minimum absolute atomic E-state index is 0.533. The van der Waals surface area contributed by atoms with Crippen LogP contribution in [-0.2, 0) is 0 Å². The number of nitrogens with zero attached hydrogens (tertiary/aromatic N) is 4. The Kier molecular flexibility index (Phi) is 5.32. The van der Waals surface area contributed by atoms with E-state index in [2.05, 4.69) is 43.6 Å². The van der Waals surface area contributed by atoms with Gasteiger partial charge in [-0.05, 0) is 62.7 Å². The van der Waals surface area contributed by atoms with E-state index in [1.165, 1.54) is 37.4 Å². The minimum atomic E-state index is 0.533.